The van der Waals surface area contributed by atoms with Gasteiger partial charge in [-0.2, -0.15) is 0 Å². The standard InChI is InChI=1S/C29H34N4O/c30-28(34)27-17-13-24(14-18-27)21-33-29(31-19-22-7-3-1-4-8-22)32-20-23-11-15-26(16-12-23)25-9-5-2-6-10-25/h2,5-6,9-18,22H,1,3-4,7-8,19-21H2,(H2,30,34)(H2,31,32,33). The number of guanidine groups is 1. The molecule has 0 spiro atoms. The summed E-state index contributed by atoms with van der Waals surface area (Å²) >= 11 is 0. The molecule has 0 atom stereocenters. The van der Waals surface area contributed by atoms with Crippen molar-refractivity contribution in [2.75, 3.05) is 6.54 Å². The number of benzene rings is 3. The smallest absolute Gasteiger partial charge is 0.248 e. The lowest BCUT2D eigenvalue weighted by Crippen LogP contribution is -2.40. The van der Waals surface area contributed by atoms with Gasteiger partial charge in [-0.15, -0.1) is 0 Å². The first-order valence-corrected chi connectivity index (χ1v) is 12.2. The molecule has 176 valence electrons. The highest BCUT2D eigenvalue weighted by atomic mass is 16.1. The van der Waals surface area contributed by atoms with Crippen molar-refractivity contribution in [3.8, 4) is 11.1 Å². The summed E-state index contributed by atoms with van der Waals surface area (Å²) in [6, 6.07) is 26.4. The minimum atomic E-state index is -0.408. The van der Waals surface area contributed by atoms with Crippen LogP contribution in [0.2, 0.25) is 0 Å². The average molecular weight is 455 g/mol. The molecule has 0 saturated heterocycles. The van der Waals surface area contributed by atoms with Gasteiger partial charge in [0.25, 0.3) is 0 Å². The summed E-state index contributed by atoms with van der Waals surface area (Å²) in [4.78, 5) is 16.2. The fourth-order valence-corrected chi connectivity index (χ4v) is 4.38. The van der Waals surface area contributed by atoms with Crippen LogP contribution in [0.1, 0.15) is 53.6 Å². The topological polar surface area (TPSA) is 79.5 Å². The van der Waals surface area contributed by atoms with Crippen molar-refractivity contribution in [3.05, 3.63) is 95.6 Å². The summed E-state index contributed by atoms with van der Waals surface area (Å²) in [5.74, 6) is 1.12. The van der Waals surface area contributed by atoms with E-state index in [1.54, 1.807) is 12.1 Å². The van der Waals surface area contributed by atoms with Crippen molar-refractivity contribution in [2.45, 2.75) is 45.2 Å². The van der Waals surface area contributed by atoms with E-state index >= 15 is 0 Å². The van der Waals surface area contributed by atoms with Gasteiger partial charge in [0.2, 0.25) is 5.91 Å². The van der Waals surface area contributed by atoms with E-state index in [9.17, 15) is 4.79 Å². The van der Waals surface area contributed by atoms with Crippen LogP contribution in [-0.4, -0.2) is 18.4 Å². The van der Waals surface area contributed by atoms with E-state index in [0.29, 0.717) is 24.6 Å². The minimum absolute atomic E-state index is 0.408. The number of nitrogens with two attached hydrogens (primary N) is 1. The highest BCUT2D eigenvalue weighted by Gasteiger charge is 2.13. The molecule has 0 aromatic heterocycles. The molecule has 1 aliphatic carbocycles. The second-order valence-electron chi connectivity index (χ2n) is 9.03. The fourth-order valence-electron chi connectivity index (χ4n) is 4.38. The minimum Gasteiger partial charge on any atom is -0.366 e. The van der Waals surface area contributed by atoms with Crippen molar-refractivity contribution < 1.29 is 4.79 Å². The Morgan fingerprint density at radius 3 is 2.12 bits per heavy atom. The molecule has 0 heterocycles. The molecule has 0 aliphatic heterocycles. The molecule has 5 heteroatoms. The highest BCUT2D eigenvalue weighted by Crippen LogP contribution is 2.23. The third-order valence-electron chi connectivity index (χ3n) is 6.46. The Morgan fingerprint density at radius 2 is 1.44 bits per heavy atom. The van der Waals surface area contributed by atoms with Crippen molar-refractivity contribution in [1.29, 1.82) is 0 Å². The van der Waals surface area contributed by atoms with Crippen LogP contribution in [0.5, 0.6) is 0 Å². The van der Waals surface area contributed by atoms with Crippen LogP contribution in [-0.2, 0) is 13.1 Å². The van der Waals surface area contributed by atoms with Crippen LogP contribution in [0.4, 0.5) is 0 Å². The normalized spacial score (nSPS) is 14.5. The molecule has 3 aromatic carbocycles. The molecule has 1 saturated carbocycles. The number of aliphatic imine (C=N–C) groups is 1. The van der Waals surface area contributed by atoms with Gasteiger partial charge in [0.15, 0.2) is 5.96 Å². The lowest BCUT2D eigenvalue weighted by Gasteiger charge is -2.23. The van der Waals surface area contributed by atoms with Crippen LogP contribution in [0.15, 0.2) is 83.9 Å². The number of carbonyl (C=O) groups is 1. The highest BCUT2D eigenvalue weighted by molar-refractivity contribution is 5.92. The molecule has 1 aliphatic rings. The monoisotopic (exact) mass is 454 g/mol. The van der Waals surface area contributed by atoms with Gasteiger partial charge in [-0.25, -0.2) is 4.99 Å². The van der Waals surface area contributed by atoms with Crippen LogP contribution >= 0.6 is 0 Å². The third kappa shape index (κ3) is 6.95. The van der Waals surface area contributed by atoms with Crippen molar-refractivity contribution in [3.63, 3.8) is 0 Å². The molecule has 34 heavy (non-hydrogen) atoms. The zero-order chi connectivity index (χ0) is 23.6. The van der Waals surface area contributed by atoms with Crippen molar-refractivity contribution >= 4 is 11.9 Å². The Morgan fingerprint density at radius 1 is 0.794 bits per heavy atom. The van der Waals surface area contributed by atoms with Crippen molar-refractivity contribution in [1.82, 2.24) is 10.6 Å². The Balaban J connectivity index is 1.40. The molecule has 0 bridgehead atoms. The van der Waals surface area contributed by atoms with Gasteiger partial charge < -0.3 is 16.4 Å². The maximum absolute atomic E-state index is 11.3. The average Bonchev–Trinajstić information content (AvgIpc) is 2.90. The van der Waals surface area contributed by atoms with Gasteiger partial charge in [0, 0.05) is 18.7 Å². The maximum atomic E-state index is 11.3. The van der Waals surface area contributed by atoms with E-state index in [1.807, 2.05) is 18.2 Å². The van der Waals surface area contributed by atoms with E-state index in [0.717, 1.165) is 18.1 Å². The number of primary amides is 1. The van der Waals surface area contributed by atoms with Crippen LogP contribution in [0.25, 0.3) is 11.1 Å². The quantitative estimate of drug-likeness (QED) is 0.320. The molecule has 3 aromatic rings. The van der Waals surface area contributed by atoms with Crippen molar-refractivity contribution in [2.24, 2.45) is 16.6 Å². The van der Waals surface area contributed by atoms with Crippen LogP contribution in [0.3, 0.4) is 0 Å². The molecule has 4 N–H and O–H groups in total. The van der Waals surface area contributed by atoms with E-state index in [-0.39, 0.29) is 0 Å². The van der Waals surface area contributed by atoms with E-state index in [4.69, 9.17) is 10.7 Å². The van der Waals surface area contributed by atoms with Crippen LogP contribution < -0.4 is 16.4 Å². The van der Waals surface area contributed by atoms with Crippen LogP contribution in [0, 0.1) is 5.92 Å². The molecular formula is C29H34N4O. The van der Waals surface area contributed by atoms with Gasteiger partial charge in [-0.1, -0.05) is 86.0 Å². The zero-order valence-corrected chi connectivity index (χ0v) is 19.7. The molecule has 1 amide bonds. The summed E-state index contributed by atoms with van der Waals surface area (Å²) < 4.78 is 0. The summed E-state index contributed by atoms with van der Waals surface area (Å²) in [5.41, 5.74) is 10.5. The predicted octanol–water partition coefficient (Wildman–Crippen LogP) is 5.27. The first-order chi connectivity index (χ1) is 16.7. The lowest BCUT2D eigenvalue weighted by atomic mass is 9.89. The first-order valence-electron chi connectivity index (χ1n) is 12.2. The van der Waals surface area contributed by atoms with Gasteiger partial charge in [0.05, 0.1) is 6.54 Å². The number of amides is 1. The van der Waals surface area contributed by atoms with Gasteiger partial charge in [0.1, 0.15) is 0 Å². The number of carbonyl (C=O) groups excluding carboxylic acids is 1. The van der Waals surface area contributed by atoms with Gasteiger partial charge in [-0.05, 0) is 53.1 Å². The largest absolute Gasteiger partial charge is 0.366 e. The maximum Gasteiger partial charge on any atom is 0.248 e. The lowest BCUT2D eigenvalue weighted by molar-refractivity contribution is 0.100. The van der Waals surface area contributed by atoms with E-state index in [2.05, 4.69) is 59.2 Å². The predicted molar refractivity (Wildman–Crippen MR) is 139 cm³/mol. The number of rotatable bonds is 8. The number of hydrogen-bond donors (Lipinski definition) is 3. The number of hydrogen-bond acceptors (Lipinski definition) is 2. The Bertz CT molecular complexity index is 1070. The summed E-state index contributed by atoms with van der Waals surface area (Å²) in [6.45, 7) is 2.18. The Labute approximate surface area is 202 Å². The molecule has 1 fully saturated rings. The SMILES string of the molecule is NC(=O)c1ccc(CNC(=NCc2ccc(-c3ccccc3)cc2)NCC2CCCCC2)cc1. The molecule has 4 rings (SSSR count). The van der Waals surface area contributed by atoms with E-state index in [1.165, 1.54) is 48.8 Å². The van der Waals surface area contributed by atoms with Gasteiger partial charge >= 0.3 is 0 Å². The number of nitrogens with zero attached hydrogens (tertiary/aromatic N) is 1. The second-order valence-corrected chi connectivity index (χ2v) is 9.03. The molecule has 5 nitrogen and oxygen atoms in total. The summed E-state index contributed by atoms with van der Waals surface area (Å²) in [5, 5.41) is 7.02. The first kappa shape index (κ1) is 23.6. The second kappa shape index (κ2) is 12.0. The molecule has 0 unspecified atom stereocenters. The van der Waals surface area contributed by atoms with E-state index < -0.39 is 5.91 Å². The summed E-state index contributed by atoms with van der Waals surface area (Å²) in [6.07, 6.45) is 6.58. The Kier molecular flexibility index (Phi) is 8.33. The summed E-state index contributed by atoms with van der Waals surface area (Å²) in [7, 11) is 0. The number of nitrogens with one attached hydrogen (secondary N) is 2. The molecule has 0 radical (unpaired) electrons. The Hall–Kier alpha value is -3.60. The van der Waals surface area contributed by atoms with Gasteiger partial charge in [-0.3, -0.25) is 4.79 Å². The molecular weight excluding hydrogens is 420 g/mol. The third-order valence-corrected chi connectivity index (χ3v) is 6.46. The fraction of sp³-hybridized carbons (Fsp3) is 0.310. The zero-order valence-electron chi connectivity index (χ0n) is 19.7.